The molecule has 0 spiro atoms. The number of rotatable bonds is 9. The van der Waals surface area contributed by atoms with Crippen LogP contribution in [0.5, 0.6) is 5.75 Å². The Hall–Kier alpha value is -2.98. The second-order valence-corrected chi connectivity index (χ2v) is 7.07. The first-order chi connectivity index (χ1) is 14.1. The van der Waals surface area contributed by atoms with E-state index in [4.69, 9.17) is 4.74 Å². The van der Waals surface area contributed by atoms with Gasteiger partial charge in [-0.3, -0.25) is 0 Å². The predicted molar refractivity (Wildman–Crippen MR) is 117 cm³/mol. The molecule has 1 N–H and O–H groups in total. The summed E-state index contributed by atoms with van der Waals surface area (Å²) in [5, 5.41) is 10.3. The molecule has 1 atom stereocenters. The van der Waals surface area contributed by atoms with E-state index in [-0.39, 0.29) is 11.9 Å². The molecule has 0 aliphatic carbocycles. The maximum atomic E-state index is 14.5. The van der Waals surface area contributed by atoms with Gasteiger partial charge in [-0.1, -0.05) is 36.9 Å². The predicted octanol–water partition coefficient (Wildman–Crippen LogP) is 6.17. The summed E-state index contributed by atoms with van der Waals surface area (Å²) in [4.78, 5) is 4.62. The Morgan fingerprint density at radius 2 is 2.03 bits per heavy atom. The molecule has 1 heterocycles. The number of aliphatic hydroxyl groups excluding tert-OH is 1. The third kappa shape index (κ3) is 5.75. The lowest BCUT2D eigenvalue weighted by Gasteiger charge is -2.08. The quantitative estimate of drug-likeness (QED) is 0.350. The van der Waals surface area contributed by atoms with Gasteiger partial charge in [0, 0.05) is 17.0 Å². The molecule has 1 aromatic heterocycles. The molecule has 3 rings (SSSR count). The van der Waals surface area contributed by atoms with Gasteiger partial charge in [0.05, 0.1) is 17.3 Å². The van der Waals surface area contributed by atoms with Crippen LogP contribution in [0.1, 0.15) is 31.7 Å². The van der Waals surface area contributed by atoms with Crippen molar-refractivity contribution in [3.63, 3.8) is 0 Å². The Bertz CT molecular complexity index is 1010. The summed E-state index contributed by atoms with van der Waals surface area (Å²) in [7, 11) is 0. The van der Waals surface area contributed by atoms with Crippen molar-refractivity contribution in [2.24, 2.45) is 0 Å². The van der Waals surface area contributed by atoms with Gasteiger partial charge < -0.3 is 9.84 Å². The van der Waals surface area contributed by atoms with Crippen LogP contribution in [-0.4, -0.2) is 22.8 Å². The van der Waals surface area contributed by atoms with Crippen LogP contribution in [0, 0.1) is 5.82 Å². The van der Waals surface area contributed by atoms with Gasteiger partial charge in [-0.2, -0.15) is 0 Å². The summed E-state index contributed by atoms with van der Waals surface area (Å²) in [5.41, 5.74) is 2.95. The fourth-order valence-corrected chi connectivity index (χ4v) is 3.10. The number of aliphatic hydroxyl groups is 1. The molecule has 0 fully saturated rings. The minimum Gasteiger partial charge on any atom is -0.489 e. The van der Waals surface area contributed by atoms with E-state index in [0.717, 1.165) is 35.7 Å². The van der Waals surface area contributed by atoms with Crippen LogP contribution in [0.3, 0.4) is 0 Å². The zero-order valence-electron chi connectivity index (χ0n) is 16.6. The lowest BCUT2D eigenvalue weighted by Crippen LogP contribution is -1.97. The monoisotopic (exact) mass is 391 g/mol. The average molecular weight is 391 g/mol. The first kappa shape index (κ1) is 20.7. The summed E-state index contributed by atoms with van der Waals surface area (Å²) in [5.74, 6) is 0.104. The topological polar surface area (TPSA) is 42.4 Å². The molecule has 2 aromatic carbocycles. The summed E-state index contributed by atoms with van der Waals surface area (Å²) in [6, 6.07) is 14.6. The molecule has 150 valence electrons. The Morgan fingerprint density at radius 1 is 1.17 bits per heavy atom. The summed E-state index contributed by atoms with van der Waals surface area (Å²) < 4.78 is 19.9. The van der Waals surface area contributed by atoms with Crippen LogP contribution >= 0.6 is 0 Å². The van der Waals surface area contributed by atoms with Gasteiger partial charge in [-0.05, 0) is 62.1 Å². The van der Waals surface area contributed by atoms with Gasteiger partial charge >= 0.3 is 0 Å². The number of aromatic nitrogens is 1. The van der Waals surface area contributed by atoms with Crippen molar-refractivity contribution < 1.29 is 14.2 Å². The Kier molecular flexibility index (Phi) is 7.14. The van der Waals surface area contributed by atoms with Crippen molar-refractivity contribution in [1.82, 2.24) is 4.98 Å². The zero-order valence-corrected chi connectivity index (χ0v) is 16.6. The molecule has 3 aromatic rings. The number of hydrogen-bond acceptors (Lipinski definition) is 3. The van der Waals surface area contributed by atoms with Gasteiger partial charge in [-0.15, -0.1) is 0 Å². The first-order valence-electron chi connectivity index (χ1n) is 9.86. The molecule has 4 heteroatoms. The van der Waals surface area contributed by atoms with Crippen LogP contribution in [-0.2, 0) is 0 Å². The molecule has 3 nitrogen and oxygen atoms in total. The zero-order chi connectivity index (χ0) is 20.6. The molecule has 0 amide bonds. The summed E-state index contributed by atoms with van der Waals surface area (Å²) in [6.45, 7) is 5.74. The number of ether oxygens (including phenoxy) is 1. The minimum atomic E-state index is -0.366. The number of benzene rings is 2. The Labute approximate surface area is 171 Å². The van der Waals surface area contributed by atoms with Crippen molar-refractivity contribution in [1.29, 1.82) is 0 Å². The number of fused-ring (bicyclic) bond motifs is 1. The highest BCUT2D eigenvalue weighted by molar-refractivity contribution is 5.84. The lowest BCUT2D eigenvalue weighted by molar-refractivity contribution is 0.182. The van der Waals surface area contributed by atoms with Crippen LogP contribution < -0.4 is 4.74 Å². The van der Waals surface area contributed by atoms with Gasteiger partial charge in [-0.25, -0.2) is 9.37 Å². The molecule has 0 radical (unpaired) electrons. The van der Waals surface area contributed by atoms with Gasteiger partial charge in [0.1, 0.15) is 18.2 Å². The summed E-state index contributed by atoms with van der Waals surface area (Å²) >= 11 is 0. The highest BCUT2D eigenvalue weighted by atomic mass is 19.1. The van der Waals surface area contributed by atoms with E-state index in [1.165, 1.54) is 6.07 Å². The highest BCUT2D eigenvalue weighted by Crippen LogP contribution is 2.27. The molecule has 29 heavy (non-hydrogen) atoms. The second-order valence-electron chi connectivity index (χ2n) is 7.07. The second kappa shape index (κ2) is 9.99. The standard InChI is InChI=1S/C25H26FNO2/c1-3-15-29-21-11-12-22(23(26)17-21)25-14-10-20-16-19(9-13-24(20)27-25)8-6-4-5-7-18(2)28/h3,6,8-14,16-18,28H,1,4-5,7,15H2,2H3/b8-6+. The molecule has 1 unspecified atom stereocenters. The molecular formula is C25H26FNO2. The highest BCUT2D eigenvalue weighted by Gasteiger charge is 2.09. The van der Waals surface area contributed by atoms with E-state index in [9.17, 15) is 9.50 Å². The van der Waals surface area contributed by atoms with Crippen molar-refractivity contribution in [2.45, 2.75) is 32.3 Å². The normalized spacial score (nSPS) is 12.4. The third-order valence-corrected chi connectivity index (χ3v) is 4.60. The molecular weight excluding hydrogens is 365 g/mol. The summed E-state index contributed by atoms with van der Waals surface area (Å²) in [6.07, 6.45) is 8.29. The van der Waals surface area contributed by atoms with Crippen LogP contribution in [0.15, 0.2) is 67.3 Å². The van der Waals surface area contributed by atoms with Gasteiger partial charge in [0.15, 0.2) is 0 Å². The molecule has 0 aliphatic rings. The van der Waals surface area contributed by atoms with Crippen LogP contribution in [0.2, 0.25) is 0 Å². The number of hydrogen-bond donors (Lipinski definition) is 1. The van der Waals surface area contributed by atoms with E-state index in [1.54, 1.807) is 18.2 Å². The van der Waals surface area contributed by atoms with Crippen LogP contribution in [0.25, 0.3) is 28.2 Å². The number of nitrogens with zero attached hydrogens (tertiary/aromatic N) is 1. The largest absolute Gasteiger partial charge is 0.489 e. The first-order valence-corrected chi connectivity index (χ1v) is 9.86. The van der Waals surface area contributed by atoms with Crippen molar-refractivity contribution in [3.05, 3.63) is 78.6 Å². The van der Waals surface area contributed by atoms with E-state index in [2.05, 4.69) is 29.8 Å². The minimum absolute atomic E-state index is 0.245. The van der Waals surface area contributed by atoms with E-state index in [0.29, 0.717) is 23.6 Å². The number of pyridine rings is 1. The number of allylic oxidation sites excluding steroid dienone is 1. The van der Waals surface area contributed by atoms with Crippen molar-refractivity contribution in [2.75, 3.05) is 6.61 Å². The Balaban J connectivity index is 1.75. The Morgan fingerprint density at radius 3 is 2.79 bits per heavy atom. The molecule has 0 saturated carbocycles. The number of halogens is 1. The van der Waals surface area contributed by atoms with E-state index in [1.807, 2.05) is 31.2 Å². The molecule has 0 aliphatic heterocycles. The van der Waals surface area contributed by atoms with Gasteiger partial charge in [0.25, 0.3) is 0 Å². The van der Waals surface area contributed by atoms with E-state index >= 15 is 0 Å². The molecule has 0 bridgehead atoms. The number of unbranched alkanes of at least 4 members (excludes halogenated alkanes) is 1. The average Bonchev–Trinajstić information content (AvgIpc) is 2.71. The van der Waals surface area contributed by atoms with Crippen molar-refractivity contribution in [3.8, 4) is 17.0 Å². The third-order valence-electron chi connectivity index (χ3n) is 4.60. The smallest absolute Gasteiger partial charge is 0.136 e. The lowest BCUT2D eigenvalue weighted by atomic mass is 10.1. The van der Waals surface area contributed by atoms with Crippen molar-refractivity contribution >= 4 is 17.0 Å². The molecule has 0 saturated heterocycles. The van der Waals surface area contributed by atoms with Crippen LogP contribution in [0.4, 0.5) is 4.39 Å². The SMILES string of the molecule is C=CCOc1ccc(-c2ccc3cc(/C=C/CCCC(C)O)ccc3n2)c(F)c1. The van der Waals surface area contributed by atoms with Gasteiger partial charge in [0.2, 0.25) is 0 Å². The maximum Gasteiger partial charge on any atom is 0.136 e. The maximum absolute atomic E-state index is 14.5. The van der Waals surface area contributed by atoms with E-state index < -0.39 is 0 Å². The fourth-order valence-electron chi connectivity index (χ4n) is 3.10. The fraction of sp³-hybridized carbons (Fsp3) is 0.240.